The summed E-state index contributed by atoms with van der Waals surface area (Å²) in [5.41, 5.74) is 1.20. The predicted octanol–water partition coefficient (Wildman–Crippen LogP) is 5.17. The van der Waals surface area contributed by atoms with Crippen molar-refractivity contribution in [3.8, 4) is 5.75 Å². The molecular weight excluding hydrogens is 466 g/mol. The fourth-order valence-corrected chi connectivity index (χ4v) is 4.51. The number of hydrogen-bond donors (Lipinski definition) is 2. The third kappa shape index (κ3) is 5.17. The minimum atomic E-state index is -4.24. The highest BCUT2D eigenvalue weighted by atomic mass is 32.2. The lowest BCUT2D eigenvalue weighted by Crippen LogP contribution is -2.30. The van der Waals surface area contributed by atoms with Crippen LogP contribution in [0.5, 0.6) is 5.75 Å². The van der Waals surface area contributed by atoms with Crippen molar-refractivity contribution in [2.75, 3.05) is 0 Å². The maximum Gasteiger partial charge on any atom is 0.267 e. The highest BCUT2D eigenvalue weighted by molar-refractivity contribution is 7.90. The molecular formula is C25H23N5O4S. The first-order valence-electron chi connectivity index (χ1n) is 10.7. The molecule has 2 heterocycles. The molecule has 0 aliphatic rings. The van der Waals surface area contributed by atoms with Gasteiger partial charge in [-0.05, 0) is 41.3 Å². The fourth-order valence-electron chi connectivity index (χ4n) is 3.36. The molecule has 178 valence electrons. The highest BCUT2D eigenvalue weighted by Crippen LogP contribution is 2.34. The average Bonchev–Trinajstić information content (AvgIpc) is 2.82. The van der Waals surface area contributed by atoms with E-state index < -0.39 is 15.9 Å². The number of benzene rings is 2. The number of rotatable bonds is 5. The van der Waals surface area contributed by atoms with E-state index in [2.05, 4.69) is 24.9 Å². The molecule has 0 radical (unpaired) electrons. The summed E-state index contributed by atoms with van der Waals surface area (Å²) < 4.78 is 28.1. The molecule has 4 aromatic rings. The quantitative estimate of drug-likeness (QED) is 0.372. The molecule has 0 aliphatic carbocycles. The molecule has 1 amide bonds. The number of amides is 1. The van der Waals surface area contributed by atoms with Crippen LogP contribution in [0.15, 0.2) is 88.3 Å². The largest absolute Gasteiger partial charge is 0.506 e. The van der Waals surface area contributed by atoms with Gasteiger partial charge in [-0.25, -0.2) is 13.1 Å². The number of hydrogen-bond acceptors (Lipinski definition) is 8. The van der Waals surface area contributed by atoms with Gasteiger partial charge in [0.15, 0.2) is 0 Å². The van der Waals surface area contributed by atoms with Crippen molar-refractivity contribution in [1.82, 2.24) is 14.7 Å². The van der Waals surface area contributed by atoms with Crippen molar-refractivity contribution >= 4 is 38.2 Å². The second-order valence-electron chi connectivity index (χ2n) is 8.81. The smallest absolute Gasteiger partial charge is 0.267 e. The molecule has 2 N–H and O–H groups in total. The van der Waals surface area contributed by atoms with Gasteiger partial charge in [0, 0.05) is 17.8 Å². The van der Waals surface area contributed by atoms with E-state index >= 15 is 0 Å². The zero-order chi connectivity index (χ0) is 25.2. The maximum atomic E-state index is 13.0. The molecule has 9 nitrogen and oxygen atoms in total. The summed E-state index contributed by atoms with van der Waals surface area (Å²) in [5, 5.41) is 19.0. The number of aromatic hydroxyl groups is 1. The van der Waals surface area contributed by atoms with Crippen molar-refractivity contribution in [2.45, 2.75) is 31.1 Å². The van der Waals surface area contributed by atoms with Gasteiger partial charge < -0.3 is 5.11 Å². The summed E-state index contributed by atoms with van der Waals surface area (Å²) in [6.07, 6.45) is 4.11. The van der Waals surface area contributed by atoms with Crippen LogP contribution in [0.4, 0.5) is 11.4 Å². The zero-order valence-corrected chi connectivity index (χ0v) is 20.1. The molecule has 0 unspecified atom stereocenters. The van der Waals surface area contributed by atoms with Crippen molar-refractivity contribution in [1.29, 1.82) is 0 Å². The third-order valence-corrected chi connectivity index (χ3v) is 6.63. The van der Waals surface area contributed by atoms with E-state index in [-0.39, 0.29) is 38.5 Å². The Hall–Kier alpha value is -4.18. The average molecular weight is 490 g/mol. The van der Waals surface area contributed by atoms with Crippen LogP contribution in [0.3, 0.4) is 0 Å². The number of phenols is 1. The van der Waals surface area contributed by atoms with Crippen LogP contribution in [0.25, 0.3) is 10.9 Å². The number of nitrogens with zero attached hydrogens (tertiary/aromatic N) is 4. The van der Waals surface area contributed by atoms with Gasteiger partial charge in [-0.1, -0.05) is 45.0 Å². The third-order valence-electron chi connectivity index (χ3n) is 5.26. The Morgan fingerprint density at radius 2 is 1.71 bits per heavy atom. The van der Waals surface area contributed by atoms with Gasteiger partial charge in [0.1, 0.15) is 22.0 Å². The first kappa shape index (κ1) is 24.0. The van der Waals surface area contributed by atoms with Crippen LogP contribution in [-0.4, -0.2) is 29.4 Å². The minimum Gasteiger partial charge on any atom is -0.506 e. The normalized spacial score (nSPS) is 12.2. The molecule has 35 heavy (non-hydrogen) atoms. The first-order valence-corrected chi connectivity index (χ1v) is 12.1. The number of sulfonamides is 1. The molecule has 4 rings (SSSR count). The van der Waals surface area contributed by atoms with Crippen LogP contribution < -0.4 is 4.72 Å². The van der Waals surface area contributed by atoms with Gasteiger partial charge in [0.2, 0.25) is 0 Å². The number of nitrogens with one attached hydrogen (secondary N) is 1. The lowest BCUT2D eigenvalue weighted by Gasteiger charge is -2.19. The summed E-state index contributed by atoms with van der Waals surface area (Å²) >= 11 is 0. The topological polar surface area (TPSA) is 134 Å². The molecule has 0 atom stereocenters. The Morgan fingerprint density at radius 1 is 0.971 bits per heavy atom. The molecule has 2 aromatic carbocycles. The second-order valence-corrected chi connectivity index (χ2v) is 10.5. The number of phenolic OH excluding ortho intramolecular Hbond substituents is 1. The Bertz CT molecular complexity index is 1550. The van der Waals surface area contributed by atoms with Gasteiger partial charge in [-0.2, -0.15) is 0 Å². The Morgan fingerprint density at radius 3 is 2.49 bits per heavy atom. The molecule has 0 fully saturated rings. The van der Waals surface area contributed by atoms with E-state index in [1.165, 1.54) is 36.8 Å². The highest BCUT2D eigenvalue weighted by Gasteiger charge is 2.23. The van der Waals surface area contributed by atoms with Gasteiger partial charge in [0.05, 0.1) is 17.3 Å². The van der Waals surface area contributed by atoms with Crippen LogP contribution in [0, 0.1) is 0 Å². The second kappa shape index (κ2) is 9.22. The lowest BCUT2D eigenvalue weighted by atomic mass is 9.87. The van der Waals surface area contributed by atoms with Crippen LogP contribution in [-0.2, 0) is 15.4 Å². The van der Waals surface area contributed by atoms with Gasteiger partial charge in [0.25, 0.3) is 15.9 Å². The van der Waals surface area contributed by atoms with E-state index in [9.17, 15) is 18.3 Å². The number of pyridine rings is 2. The van der Waals surface area contributed by atoms with Gasteiger partial charge in [-0.15, -0.1) is 10.2 Å². The summed E-state index contributed by atoms with van der Waals surface area (Å²) in [6, 6.07) is 14.5. The van der Waals surface area contributed by atoms with Crippen molar-refractivity contribution in [2.24, 2.45) is 10.2 Å². The molecule has 10 heteroatoms. The molecule has 0 bridgehead atoms. The summed E-state index contributed by atoms with van der Waals surface area (Å²) in [6.45, 7) is 6.07. The number of para-hydroxylation sites is 1. The van der Waals surface area contributed by atoms with Gasteiger partial charge in [-0.3, -0.25) is 14.8 Å². The van der Waals surface area contributed by atoms with E-state index in [0.717, 1.165) is 5.56 Å². The monoisotopic (exact) mass is 489 g/mol. The standard InChI is InChI=1S/C25H23N5O4S/c1-25(2,3)17-9-10-21(31)19(14-17)28-29-20-15-26-13-11-18(20)24(32)30-35(33,34)22-8-4-6-16-7-5-12-27-23(16)22/h4-15,31H,1-3H3,(H,30,32). The molecule has 0 aliphatic heterocycles. The summed E-state index contributed by atoms with van der Waals surface area (Å²) in [7, 11) is -4.24. The minimum absolute atomic E-state index is 0.0387. The van der Waals surface area contributed by atoms with Crippen LogP contribution in [0.2, 0.25) is 0 Å². The number of aromatic nitrogens is 2. The number of fused-ring (bicyclic) bond motifs is 1. The Kier molecular flexibility index (Phi) is 6.31. The number of carbonyl (C=O) groups excluding carboxylic acids is 1. The zero-order valence-electron chi connectivity index (χ0n) is 19.3. The molecule has 0 saturated heterocycles. The van der Waals surface area contributed by atoms with E-state index in [1.54, 1.807) is 36.4 Å². The van der Waals surface area contributed by atoms with Gasteiger partial charge >= 0.3 is 0 Å². The first-order chi connectivity index (χ1) is 16.6. The Labute approximate surface area is 202 Å². The number of azo groups is 1. The Balaban J connectivity index is 1.65. The summed E-state index contributed by atoms with van der Waals surface area (Å²) in [4.78, 5) is 20.9. The molecule has 2 aromatic heterocycles. The van der Waals surface area contributed by atoms with Crippen LogP contribution in [0.1, 0.15) is 36.7 Å². The molecule has 0 saturated carbocycles. The van der Waals surface area contributed by atoms with E-state index in [0.29, 0.717) is 5.39 Å². The van der Waals surface area contributed by atoms with Crippen molar-refractivity contribution in [3.05, 3.63) is 84.3 Å². The molecule has 0 spiro atoms. The van der Waals surface area contributed by atoms with Crippen LogP contribution >= 0.6 is 0 Å². The van der Waals surface area contributed by atoms with E-state index in [1.807, 2.05) is 20.8 Å². The van der Waals surface area contributed by atoms with E-state index in [4.69, 9.17) is 0 Å². The SMILES string of the molecule is CC(C)(C)c1ccc(O)c(N=Nc2cnccc2C(=O)NS(=O)(=O)c2cccc3cccnc23)c1. The lowest BCUT2D eigenvalue weighted by molar-refractivity contribution is 0.0982. The number of carbonyl (C=O) groups is 1. The van der Waals surface area contributed by atoms with Crippen molar-refractivity contribution < 1.29 is 18.3 Å². The maximum absolute atomic E-state index is 13.0. The fraction of sp³-hybridized carbons (Fsp3) is 0.160. The van der Waals surface area contributed by atoms with Crippen molar-refractivity contribution in [3.63, 3.8) is 0 Å². The summed E-state index contributed by atoms with van der Waals surface area (Å²) in [5.74, 6) is -0.982. The predicted molar refractivity (Wildman–Crippen MR) is 132 cm³/mol.